The molecule has 1 aliphatic rings. The van der Waals surface area contributed by atoms with Crippen LogP contribution in [0, 0.1) is 0 Å². The third-order valence-electron chi connectivity index (χ3n) is 3.72. The highest BCUT2D eigenvalue weighted by Crippen LogP contribution is 2.17. The second-order valence-corrected chi connectivity index (χ2v) is 6.40. The van der Waals surface area contributed by atoms with E-state index in [0.717, 1.165) is 16.7 Å². The van der Waals surface area contributed by atoms with Crippen LogP contribution in [0.1, 0.15) is 10.5 Å². The van der Waals surface area contributed by atoms with Gasteiger partial charge in [-0.2, -0.15) is 5.10 Å². The average Bonchev–Trinajstić information content (AvgIpc) is 2.98. The summed E-state index contributed by atoms with van der Waals surface area (Å²) in [6, 6.07) is 6.38. The van der Waals surface area contributed by atoms with Crippen LogP contribution in [0.25, 0.3) is 10.8 Å². The number of esters is 1. The number of carbonyl (C=O) groups excluding carboxylic acids is 4. The Morgan fingerprint density at radius 3 is 2.67 bits per heavy atom. The van der Waals surface area contributed by atoms with E-state index in [1.165, 1.54) is 0 Å². The predicted octanol–water partition coefficient (Wildman–Crippen LogP) is -0.109. The van der Waals surface area contributed by atoms with E-state index in [0.29, 0.717) is 5.39 Å². The number of fused-ring (bicyclic) bond motifs is 1. The highest BCUT2D eigenvalue weighted by atomic mass is 32.2. The van der Waals surface area contributed by atoms with Crippen LogP contribution in [0.3, 0.4) is 0 Å². The van der Waals surface area contributed by atoms with Gasteiger partial charge in [0.25, 0.3) is 16.7 Å². The number of nitrogens with one attached hydrogen (secondary N) is 2. The molecule has 140 valence electrons. The number of carbonyl (C=O) groups is 4. The number of nitrogens with zero attached hydrogens (tertiary/aromatic N) is 2. The first-order valence-electron chi connectivity index (χ1n) is 7.85. The summed E-state index contributed by atoms with van der Waals surface area (Å²) in [6.45, 7) is -0.463. The van der Waals surface area contributed by atoms with Gasteiger partial charge >= 0.3 is 5.97 Å². The van der Waals surface area contributed by atoms with Gasteiger partial charge in [-0.1, -0.05) is 30.0 Å². The third-order valence-corrected chi connectivity index (χ3v) is 4.58. The fraction of sp³-hybridized carbons (Fsp3) is 0.250. The molecule has 0 saturated carbocycles. The van der Waals surface area contributed by atoms with Crippen LogP contribution in [0.5, 0.6) is 0 Å². The molecule has 0 unspecified atom stereocenters. The van der Waals surface area contributed by atoms with E-state index in [4.69, 9.17) is 4.74 Å². The molecule has 2 N–H and O–H groups in total. The minimum atomic E-state index is -0.862. The van der Waals surface area contributed by atoms with E-state index in [2.05, 4.69) is 15.5 Å². The second kappa shape index (κ2) is 7.99. The highest BCUT2D eigenvalue weighted by Gasteiger charge is 2.29. The average molecular weight is 390 g/mol. The van der Waals surface area contributed by atoms with Gasteiger partial charge in [0.05, 0.1) is 11.1 Å². The topological polar surface area (TPSA) is 139 Å². The maximum atomic E-state index is 12.2. The summed E-state index contributed by atoms with van der Waals surface area (Å²) in [5.74, 6) is -1.66. The van der Waals surface area contributed by atoms with Crippen molar-refractivity contribution in [3.05, 3.63) is 40.3 Å². The Kier molecular flexibility index (Phi) is 5.50. The smallest absolute Gasteiger partial charge is 0.359 e. The van der Waals surface area contributed by atoms with E-state index < -0.39 is 24.0 Å². The van der Waals surface area contributed by atoms with Crippen LogP contribution >= 0.6 is 11.8 Å². The lowest BCUT2D eigenvalue weighted by molar-refractivity contribution is -0.126. The standard InChI is InChI=1S/C16H14N4O6S/c21-11(17-5-6-20-12(22)8-27-16(20)25)7-26-15(24)13-9-3-1-2-4-10(9)14(23)19-18-13/h1-4H,5-8H2,(H,17,21)(H,19,23). The number of hydrogen-bond donors (Lipinski definition) is 2. The predicted molar refractivity (Wildman–Crippen MR) is 95.2 cm³/mol. The molecule has 2 heterocycles. The summed E-state index contributed by atoms with van der Waals surface area (Å²) in [7, 11) is 0. The van der Waals surface area contributed by atoms with Gasteiger partial charge in [0, 0.05) is 18.5 Å². The maximum absolute atomic E-state index is 12.2. The fourth-order valence-corrected chi connectivity index (χ4v) is 3.18. The lowest BCUT2D eigenvalue weighted by Crippen LogP contribution is -2.38. The number of rotatable bonds is 6. The number of imide groups is 1. The minimum Gasteiger partial charge on any atom is -0.451 e. The number of H-pyrrole nitrogens is 1. The first kappa shape index (κ1) is 18.6. The summed E-state index contributed by atoms with van der Waals surface area (Å²) < 4.78 is 4.92. The van der Waals surface area contributed by atoms with E-state index in [9.17, 15) is 24.0 Å². The molecule has 2 aromatic rings. The normalized spacial score (nSPS) is 13.9. The molecule has 3 amide bonds. The number of aromatic amines is 1. The summed E-state index contributed by atoms with van der Waals surface area (Å²) in [4.78, 5) is 59.5. The Balaban J connectivity index is 1.53. The van der Waals surface area contributed by atoms with Gasteiger partial charge < -0.3 is 10.1 Å². The Bertz CT molecular complexity index is 972. The Morgan fingerprint density at radius 1 is 1.22 bits per heavy atom. The van der Waals surface area contributed by atoms with Crippen molar-refractivity contribution in [1.82, 2.24) is 20.4 Å². The van der Waals surface area contributed by atoms with Crippen LogP contribution in [-0.2, 0) is 14.3 Å². The van der Waals surface area contributed by atoms with Crippen LogP contribution in [0.4, 0.5) is 4.79 Å². The Labute approximate surface area is 156 Å². The van der Waals surface area contributed by atoms with Crippen molar-refractivity contribution in [3.8, 4) is 0 Å². The third kappa shape index (κ3) is 4.14. The van der Waals surface area contributed by atoms with Crippen LogP contribution in [-0.4, -0.2) is 63.6 Å². The number of aromatic nitrogens is 2. The quantitative estimate of drug-likeness (QED) is 0.652. The van der Waals surface area contributed by atoms with Gasteiger partial charge in [0.2, 0.25) is 5.91 Å². The van der Waals surface area contributed by atoms with Crippen LogP contribution in [0.15, 0.2) is 29.1 Å². The zero-order valence-corrected chi connectivity index (χ0v) is 14.7. The second-order valence-electron chi connectivity index (χ2n) is 5.47. The molecular formula is C16H14N4O6S. The molecule has 0 radical (unpaired) electrons. The molecule has 10 nitrogen and oxygen atoms in total. The van der Waals surface area contributed by atoms with Gasteiger partial charge in [0.1, 0.15) is 0 Å². The van der Waals surface area contributed by atoms with Crippen molar-refractivity contribution < 1.29 is 23.9 Å². The summed E-state index contributed by atoms with van der Waals surface area (Å²) >= 11 is 0.909. The largest absolute Gasteiger partial charge is 0.451 e. The van der Waals surface area contributed by atoms with Crippen LogP contribution in [0.2, 0.25) is 0 Å². The molecule has 0 spiro atoms. The van der Waals surface area contributed by atoms with Gasteiger partial charge in [-0.3, -0.25) is 24.1 Å². The zero-order chi connectivity index (χ0) is 19.4. The number of hydrogen-bond acceptors (Lipinski definition) is 8. The summed E-state index contributed by atoms with van der Waals surface area (Å²) in [5, 5.41) is 8.59. The first-order chi connectivity index (χ1) is 13.0. The Hall–Kier alpha value is -3.21. The van der Waals surface area contributed by atoms with E-state index in [1.807, 2.05) is 0 Å². The van der Waals surface area contributed by atoms with Gasteiger partial charge in [0.15, 0.2) is 12.3 Å². The minimum absolute atomic E-state index is 0.0499. The molecule has 1 aliphatic heterocycles. The van der Waals surface area contributed by atoms with E-state index in [1.54, 1.807) is 24.3 Å². The molecule has 0 bridgehead atoms. The molecule has 1 saturated heterocycles. The molecule has 0 atom stereocenters. The maximum Gasteiger partial charge on any atom is 0.359 e. The van der Waals surface area contributed by atoms with Crippen molar-refractivity contribution in [2.75, 3.05) is 25.4 Å². The Morgan fingerprint density at radius 2 is 1.96 bits per heavy atom. The van der Waals surface area contributed by atoms with Crippen molar-refractivity contribution >= 4 is 45.6 Å². The van der Waals surface area contributed by atoms with Crippen molar-refractivity contribution in [2.45, 2.75) is 0 Å². The first-order valence-corrected chi connectivity index (χ1v) is 8.84. The monoisotopic (exact) mass is 390 g/mol. The SMILES string of the molecule is O=C(COC(=O)c1n[nH]c(=O)c2ccccc12)NCCN1C(=O)CSC1=O. The number of ether oxygens (including phenoxy) is 1. The molecule has 27 heavy (non-hydrogen) atoms. The molecular weight excluding hydrogens is 376 g/mol. The number of amides is 3. The summed E-state index contributed by atoms with van der Waals surface area (Å²) in [6.07, 6.45) is 0. The molecule has 11 heteroatoms. The van der Waals surface area contributed by atoms with Crippen molar-refractivity contribution in [1.29, 1.82) is 0 Å². The van der Waals surface area contributed by atoms with Gasteiger partial charge in [-0.15, -0.1) is 0 Å². The fourth-order valence-electron chi connectivity index (χ4n) is 2.43. The van der Waals surface area contributed by atoms with Crippen molar-refractivity contribution in [3.63, 3.8) is 0 Å². The van der Waals surface area contributed by atoms with E-state index >= 15 is 0 Å². The zero-order valence-electron chi connectivity index (χ0n) is 13.9. The van der Waals surface area contributed by atoms with Crippen LogP contribution < -0.4 is 10.9 Å². The molecule has 0 aliphatic carbocycles. The van der Waals surface area contributed by atoms with E-state index in [-0.39, 0.29) is 41.1 Å². The van der Waals surface area contributed by atoms with Gasteiger partial charge in [-0.25, -0.2) is 9.89 Å². The number of benzene rings is 1. The highest BCUT2D eigenvalue weighted by molar-refractivity contribution is 8.14. The lowest BCUT2D eigenvalue weighted by Gasteiger charge is -2.13. The molecule has 3 rings (SSSR count). The molecule has 1 fully saturated rings. The number of thioether (sulfide) groups is 1. The molecule has 1 aromatic carbocycles. The lowest BCUT2D eigenvalue weighted by atomic mass is 10.1. The van der Waals surface area contributed by atoms with Crippen molar-refractivity contribution in [2.24, 2.45) is 0 Å². The molecule has 1 aromatic heterocycles. The van der Waals surface area contributed by atoms with Gasteiger partial charge in [-0.05, 0) is 6.07 Å². The summed E-state index contributed by atoms with van der Waals surface area (Å²) in [5.41, 5.74) is -0.549.